The Morgan fingerprint density at radius 3 is 1.62 bits per heavy atom. The largest absolute Gasteiger partial charge is 0.471 e. The molecule has 0 aliphatic heterocycles. The molecule has 5 heteroatoms. The second kappa shape index (κ2) is 4.79. The van der Waals surface area contributed by atoms with Crippen LogP contribution >= 0.6 is 0 Å². The monoisotopic (exact) mass is 274 g/mol. The topological polar surface area (TPSA) is 64.7 Å². The van der Waals surface area contributed by atoms with E-state index in [4.69, 9.17) is 4.42 Å². The van der Waals surface area contributed by atoms with Gasteiger partial charge in [0.1, 0.15) is 23.9 Å². The second-order valence-electron chi connectivity index (χ2n) is 4.53. The van der Waals surface area contributed by atoms with Gasteiger partial charge in [-0.3, -0.25) is 9.97 Å². The summed E-state index contributed by atoms with van der Waals surface area (Å²) in [5, 5.41) is 10.4. The summed E-state index contributed by atoms with van der Waals surface area (Å²) >= 11 is 0. The van der Waals surface area contributed by atoms with Crippen LogP contribution in [0.25, 0.3) is 33.5 Å². The first-order valence-electron chi connectivity index (χ1n) is 6.49. The molecule has 21 heavy (non-hydrogen) atoms. The van der Waals surface area contributed by atoms with Crippen molar-refractivity contribution in [3.05, 3.63) is 61.3 Å². The minimum absolute atomic E-state index is 0.707. The molecule has 4 heterocycles. The molecular weight excluding hydrogens is 264 g/mol. The predicted octanol–water partition coefficient (Wildman–Crippen LogP) is 3.35. The number of nitrogens with zero attached hydrogens (tertiary/aromatic N) is 4. The average molecular weight is 274 g/mol. The highest BCUT2D eigenvalue weighted by Gasteiger charge is 2.15. The number of furan rings is 1. The van der Waals surface area contributed by atoms with Gasteiger partial charge >= 0.3 is 0 Å². The van der Waals surface area contributed by atoms with Gasteiger partial charge in [-0.25, -0.2) is 0 Å². The molecule has 0 atom stereocenters. The minimum atomic E-state index is 0.707. The molecule has 5 nitrogen and oxygen atoms in total. The van der Waals surface area contributed by atoms with Gasteiger partial charge in [0.25, 0.3) is 0 Å². The van der Waals surface area contributed by atoms with Crippen molar-refractivity contribution >= 4 is 10.8 Å². The molecule has 0 saturated carbocycles. The molecule has 4 aromatic heterocycles. The Labute approximate surface area is 120 Å². The van der Waals surface area contributed by atoms with Crippen LogP contribution in [0.3, 0.4) is 0 Å². The van der Waals surface area contributed by atoms with E-state index in [-0.39, 0.29) is 0 Å². The van der Waals surface area contributed by atoms with Crippen LogP contribution in [-0.2, 0) is 0 Å². The molecule has 0 saturated heterocycles. The van der Waals surface area contributed by atoms with Gasteiger partial charge in [-0.05, 0) is 24.3 Å². The Kier molecular flexibility index (Phi) is 2.67. The van der Waals surface area contributed by atoms with Crippen LogP contribution in [0.5, 0.6) is 0 Å². The van der Waals surface area contributed by atoms with Gasteiger partial charge in [0, 0.05) is 12.4 Å². The van der Waals surface area contributed by atoms with E-state index in [0.29, 0.717) is 11.4 Å². The third kappa shape index (κ3) is 1.95. The summed E-state index contributed by atoms with van der Waals surface area (Å²) in [5.74, 6) is 0. The van der Waals surface area contributed by atoms with Gasteiger partial charge in [-0.2, -0.15) is 0 Å². The van der Waals surface area contributed by atoms with Crippen molar-refractivity contribution in [3.8, 4) is 22.8 Å². The molecule has 0 aromatic carbocycles. The molecular formula is C16H10N4O. The van der Waals surface area contributed by atoms with Crippen molar-refractivity contribution < 1.29 is 4.42 Å². The van der Waals surface area contributed by atoms with Crippen molar-refractivity contribution in [2.24, 2.45) is 0 Å². The fraction of sp³-hybridized carbons (Fsp3) is 0. The van der Waals surface area contributed by atoms with Gasteiger partial charge < -0.3 is 4.42 Å². The van der Waals surface area contributed by atoms with Crippen molar-refractivity contribution in [2.75, 3.05) is 0 Å². The van der Waals surface area contributed by atoms with Crippen molar-refractivity contribution in [1.82, 2.24) is 20.2 Å². The summed E-state index contributed by atoms with van der Waals surface area (Å²) < 4.78 is 5.35. The number of aromatic nitrogens is 4. The van der Waals surface area contributed by atoms with E-state index in [1.807, 2.05) is 36.4 Å². The highest BCUT2D eigenvalue weighted by molar-refractivity contribution is 5.99. The van der Waals surface area contributed by atoms with Crippen LogP contribution in [0.15, 0.2) is 65.7 Å². The van der Waals surface area contributed by atoms with Gasteiger partial charge in [0.05, 0.1) is 22.2 Å². The number of hydrogen-bond donors (Lipinski definition) is 0. The van der Waals surface area contributed by atoms with Gasteiger partial charge in [0.2, 0.25) is 0 Å². The van der Waals surface area contributed by atoms with Crippen LogP contribution in [0.4, 0.5) is 0 Å². The summed E-state index contributed by atoms with van der Waals surface area (Å²) in [5.41, 5.74) is 2.95. The Balaban J connectivity index is 1.97. The lowest BCUT2D eigenvalue weighted by Gasteiger charge is -2.04. The molecule has 100 valence electrons. The highest BCUT2D eigenvalue weighted by atomic mass is 16.3. The molecule has 4 rings (SSSR count). The molecule has 0 N–H and O–H groups in total. The third-order valence-corrected chi connectivity index (χ3v) is 3.24. The van der Waals surface area contributed by atoms with Crippen LogP contribution in [0, 0.1) is 0 Å². The van der Waals surface area contributed by atoms with Gasteiger partial charge in [-0.15, -0.1) is 10.2 Å². The van der Waals surface area contributed by atoms with E-state index in [2.05, 4.69) is 20.2 Å². The molecule has 0 aliphatic rings. The Hall–Kier alpha value is -3.08. The summed E-state index contributed by atoms with van der Waals surface area (Å²) in [6, 6.07) is 11.4. The zero-order valence-electron chi connectivity index (χ0n) is 11.0. The van der Waals surface area contributed by atoms with E-state index in [1.165, 1.54) is 0 Å². The van der Waals surface area contributed by atoms with Crippen LogP contribution in [0.1, 0.15) is 0 Å². The standard InChI is InChI=1S/C16H10N4O/c1-3-7-17-13(5-1)15-11-9-21-10-12(11)16(20-19-15)14-6-2-4-8-18-14/h1-10H. The molecule has 0 spiro atoms. The summed E-state index contributed by atoms with van der Waals surface area (Å²) in [6.45, 7) is 0. The molecule has 0 radical (unpaired) electrons. The first-order chi connectivity index (χ1) is 10.4. The van der Waals surface area contributed by atoms with Crippen LogP contribution in [-0.4, -0.2) is 20.2 Å². The smallest absolute Gasteiger partial charge is 0.122 e. The minimum Gasteiger partial charge on any atom is -0.471 e. The molecule has 0 unspecified atom stereocenters. The summed E-state index contributed by atoms with van der Waals surface area (Å²) in [6.07, 6.45) is 6.80. The number of hydrogen-bond acceptors (Lipinski definition) is 5. The second-order valence-corrected chi connectivity index (χ2v) is 4.53. The molecule has 0 aliphatic carbocycles. The summed E-state index contributed by atoms with van der Waals surface area (Å²) in [7, 11) is 0. The highest BCUT2D eigenvalue weighted by Crippen LogP contribution is 2.31. The quantitative estimate of drug-likeness (QED) is 0.561. The van der Waals surface area contributed by atoms with E-state index < -0.39 is 0 Å². The lowest BCUT2D eigenvalue weighted by atomic mass is 10.1. The first kappa shape index (κ1) is 11.7. The molecule has 4 aromatic rings. The maximum atomic E-state index is 5.35. The van der Waals surface area contributed by atoms with E-state index in [0.717, 1.165) is 22.2 Å². The van der Waals surface area contributed by atoms with Crippen molar-refractivity contribution in [3.63, 3.8) is 0 Å². The number of rotatable bonds is 2. The lowest BCUT2D eigenvalue weighted by molar-refractivity contribution is 0.572. The maximum Gasteiger partial charge on any atom is 0.122 e. The fourth-order valence-electron chi connectivity index (χ4n) is 2.26. The molecule has 0 amide bonds. The van der Waals surface area contributed by atoms with E-state index in [1.54, 1.807) is 24.9 Å². The Morgan fingerprint density at radius 2 is 1.19 bits per heavy atom. The zero-order chi connectivity index (χ0) is 14.1. The van der Waals surface area contributed by atoms with Gasteiger partial charge in [-0.1, -0.05) is 12.1 Å². The number of pyridine rings is 2. The normalized spacial score (nSPS) is 10.9. The van der Waals surface area contributed by atoms with Crippen molar-refractivity contribution in [1.29, 1.82) is 0 Å². The maximum absolute atomic E-state index is 5.35. The van der Waals surface area contributed by atoms with E-state index >= 15 is 0 Å². The number of fused-ring (bicyclic) bond motifs is 1. The van der Waals surface area contributed by atoms with Gasteiger partial charge in [0.15, 0.2) is 0 Å². The average Bonchev–Trinajstić information content (AvgIpc) is 3.05. The van der Waals surface area contributed by atoms with Crippen LogP contribution in [0.2, 0.25) is 0 Å². The van der Waals surface area contributed by atoms with Crippen molar-refractivity contribution in [2.45, 2.75) is 0 Å². The lowest BCUT2D eigenvalue weighted by Crippen LogP contribution is -1.95. The zero-order valence-corrected chi connectivity index (χ0v) is 11.0. The Bertz CT molecular complexity index is 814. The fourth-order valence-corrected chi connectivity index (χ4v) is 2.26. The SMILES string of the molecule is c1ccc(-c2nnc(-c3ccccn3)c3cocc23)nc1. The first-order valence-corrected chi connectivity index (χ1v) is 6.49. The van der Waals surface area contributed by atoms with Crippen LogP contribution < -0.4 is 0 Å². The molecule has 0 fully saturated rings. The predicted molar refractivity (Wildman–Crippen MR) is 78.3 cm³/mol. The summed E-state index contributed by atoms with van der Waals surface area (Å²) in [4.78, 5) is 8.64. The third-order valence-electron chi connectivity index (χ3n) is 3.24. The molecule has 0 bridgehead atoms. The van der Waals surface area contributed by atoms with E-state index in [9.17, 15) is 0 Å². The Morgan fingerprint density at radius 1 is 0.667 bits per heavy atom.